The highest BCUT2D eigenvalue weighted by Crippen LogP contribution is 2.33. The van der Waals surface area contributed by atoms with Gasteiger partial charge in [0.1, 0.15) is 21.4 Å². The van der Waals surface area contributed by atoms with E-state index < -0.39 is 33.1 Å². The molecule has 3 aromatic heterocycles. The van der Waals surface area contributed by atoms with E-state index in [4.69, 9.17) is 14.2 Å². The summed E-state index contributed by atoms with van der Waals surface area (Å²) in [4.78, 5) is 24.9. The van der Waals surface area contributed by atoms with Crippen molar-refractivity contribution in [1.82, 2.24) is 19.5 Å². The van der Waals surface area contributed by atoms with Crippen LogP contribution in [0, 0.1) is 12.7 Å². The second-order valence-electron chi connectivity index (χ2n) is 8.43. The van der Waals surface area contributed by atoms with Gasteiger partial charge in [0.15, 0.2) is 11.4 Å². The van der Waals surface area contributed by atoms with Crippen molar-refractivity contribution in [2.24, 2.45) is 0 Å². The van der Waals surface area contributed by atoms with Crippen LogP contribution in [0.3, 0.4) is 0 Å². The van der Waals surface area contributed by atoms with Crippen molar-refractivity contribution >= 4 is 21.0 Å². The number of hydrogen-bond acceptors (Lipinski definition) is 8. The molecule has 0 fully saturated rings. The van der Waals surface area contributed by atoms with Crippen molar-refractivity contribution in [3.63, 3.8) is 0 Å². The number of nitrogens with zero attached hydrogens (tertiary/aromatic N) is 3. The standard InChI is InChI=1S/C25H27FN4O6S/c1-6-36-24-21(35-4)10-9-19(28-24)20(13-37(5,32)33)30-23-22(29-25(30)31)14(2)17(12-27-23)16-11-15(34-3)7-8-18(16)26/h7-12,20H,6,13H2,1-5H3,(H,29,31). The topological polar surface area (TPSA) is 125 Å². The second kappa shape index (κ2) is 10.2. The number of H-pyrrole nitrogens is 1. The first-order chi connectivity index (χ1) is 17.6. The number of benzene rings is 1. The summed E-state index contributed by atoms with van der Waals surface area (Å²) in [5, 5.41) is 0. The third-order valence-corrected chi connectivity index (χ3v) is 6.84. The number of halogens is 1. The van der Waals surface area contributed by atoms with Crippen molar-refractivity contribution in [2.75, 3.05) is 32.8 Å². The van der Waals surface area contributed by atoms with E-state index in [9.17, 15) is 17.6 Å². The number of aromatic nitrogens is 4. The van der Waals surface area contributed by atoms with E-state index in [0.29, 0.717) is 34.7 Å². The van der Waals surface area contributed by atoms with Gasteiger partial charge in [0.05, 0.1) is 43.8 Å². The average molecular weight is 531 g/mol. The number of methoxy groups -OCH3 is 2. The Kier molecular flexibility index (Phi) is 7.21. The summed E-state index contributed by atoms with van der Waals surface area (Å²) in [6.07, 6.45) is 2.53. The molecule has 0 aliphatic carbocycles. The highest BCUT2D eigenvalue weighted by atomic mass is 32.2. The Labute approximate surface area is 213 Å². The first-order valence-electron chi connectivity index (χ1n) is 11.4. The lowest BCUT2D eigenvalue weighted by molar-refractivity contribution is 0.296. The summed E-state index contributed by atoms with van der Waals surface area (Å²) < 4.78 is 56.8. The molecule has 12 heteroatoms. The predicted octanol–water partition coefficient (Wildman–Crippen LogP) is 3.28. The van der Waals surface area contributed by atoms with Crippen molar-refractivity contribution in [1.29, 1.82) is 0 Å². The second-order valence-corrected chi connectivity index (χ2v) is 10.6. The van der Waals surface area contributed by atoms with Gasteiger partial charge in [0, 0.05) is 23.6 Å². The van der Waals surface area contributed by atoms with Crippen LogP contribution < -0.4 is 19.9 Å². The molecular weight excluding hydrogens is 503 g/mol. The Morgan fingerprint density at radius 1 is 1.14 bits per heavy atom. The minimum absolute atomic E-state index is 0.175. The lowest BCUT2D eigenvalue weighted by Crippen LogP contribution is -2.29. The van der Waals surface area contributed by atoms with Crippen LogP contribution >= 0.6 is 0 Å². The number of pyridine rings is 2. The Morgan fingerprint density at radius 2 is 1.89 bits per heavy atom. The third-order valence-electron chi connectivity index (χ3n) is 5.92. The predicted molar refractivity (Wildman–Crippen MR) is 137 cm³/mol. The van der Waals surface area contributed by atoms with Crippen molar-refractivity contribution in [3.8, 4) is 28.5 Å². The maximum atomic E-state index is 14.7. The lowest BCUT2D eigenvalue weighted by atomic mass is 10.0. The molecular formula is C25H27FN4O6S. The normalized spacial score (nSPS) is 12.5. The molecule has 0 aliphatic rings. The van der Waals surface area contributed by atoms with E-state index >= 15 is 0 Å². The van der Waals surface area contributed by atoms with Gasteiger partial charge in [-0.2, -0.15) is 0 Å². The highest BCUT2D eigenvalue weighted by molar-refractivity contribution is 7.90. The Hall–Kier alpha value is -3.93. The molecule has 4 rings (SSSR count). The van der Waals surface area contributed by atoms with E-state index in [-0.39, 0.29) is 22.8 Å². The zero-order chi connectivity index (χ0) is 26.9. The summed E-state index contributed by atoms with van der Waals surface area (Å²) in [5.74, 6) is 0.110. The van der Waals surface area contributed by atoms with Gasteiger partial charge in [-0.15, -0.1) is 0 Å². The Morgan fingerprint density at radius 3 is 2.54 bits per heavy atom. The maximum absolute atomic E-state index is 14.7. The fourth-order valence-corrected chi connectivity index (χ4v) is 5.08. The lowest BCUT2D eigenvalue weighted by Gasteiger charge is -2.19. The SMILES string of the molecule is CCOc1nc(C(CS(C)(=O)=O)n2c(=O)[nH]c3c(C)c(-c4cc(OC)ccc4F)cnc32)ccc1OC. The molecule has 10 nitrogen and oxygen atoms in total. The number of ether oxygens (including phenoxy) is 3. The summed E-state index contributed by atoms with van der Waals surface area (Å²) in [5.41, 5.74) is 1.52. The summed E-state index contributed by atoms with van der Waals surface area (Å²) in [6.45, 7) is 3.81. The number of imidazole rings is 1. The third kappa shape index (κ3) is 5.15. The van der Waals surface area contributed by atoms with Gasteiger partial charge in [-0.25, -0.2) is 27.6 Å². The molecule has 37 heavy (non-hydrogen) atoms. The molecule has 1 atom stereocenters. The molecule has 196 valence electrons. The van der Waals surface area contributed by atoms with Crippen LogP contribution in [0.5, 0.6) is 17.4 Å². The molecule has 0 spiro atoms. The largest absolute Gasteiger partial charge is 0.497 e. The number of hydrogen-bond donors (Lipinski definition) is 1. The van der Waals surface area contributed by atoms with Gasteiger partial charge >= 0.3 is 5.69 Å². The molecule has 0 saturated carbocycles. The smallest absolute Gasteiger partial charge is 0.328 e. The zero-order valence-corrected chi connectivity index (χ0v) is 21.8. The Balaban J connectivity index is 1.93. The molecule has 3 heterocycles. The van der Waals surface area contributed by atoms with Gasteiger partial charge < -0.3 is 19.2 Å². The first-order valence-corrected chi connectivity index (χ1v) is 13.4. The zero-order valence-electron chi connectivity index (χ0n) is 21.0. The number of aromatic amines is 1. The van der Waals surface area contributed by atoms with Crippen molar-refractivity contribution in [3.05, 3.63) is 64.1 Å². The summed E-state index contributed by atoms with van der Waals surface area (Å²) in [7, 11) is -0.629. The molecule has 1 unspecified atom stereocenters. The fraction of sp³-hybridized carbons (Fsp3) is 0.320. The van der Waals surface area contributed by atoms with E-state index in [1.54, 1.807) is 32.0 Å². The van der Waals surface area contributed by atoms with E-state index in [2.05, 4.69) is 15.0 Å². The van der Waals surface area contributed by atoms with Gasteiger partial charge in [-0.1, -0.05) is 0 Å². The number of sulfone groups is 1. The van der Waals surface area contributed by atoms with Gasteiger partial charge in [-0.05, 0) is 49.7 Å². The van der Waals surface area contributed by atoms with Crippen molar-refractivity contribution < 1.29 is 27.0 Å². The molecule has 1 N–H and O–H groups in total. The van der Waals surface area contributed by atoms with Gasteiger partial charge in [-0.3, -0.25) is 4.57 Å². The van der Waals surface area contributed by atoms with Crippen LogP contribution in [-0.2, 0) is 9.84 Å². The molecule has 0 amide bonds. The minimum atomic E-state index is -3.58. The molecule has 0 saturated heterocycles. The molecule has 4 aromatic rings. The number of nitrogens with one attached hydrogen (secondary N) is 1. The fourth-order valence-electron chi connectivity index (χ4n) is 4.19. The minimum Gasteiger partial charge on any atom is -0.497 e. The van der Waals surface area contributed by atoms with Gasteiger partial charge in [0.25, 0.3) is 5.88 Å². The van der Waals surface area contributed by atoms with Crippen LogP contribution in [0.2, 0.25) is 0 Å². The molecule has 1 aromatic carbocycles. The van der Waals surface area contributed by atoms with Crippen LogP contribution in [0.25, 0.3) is 22.3 Å². The molecule has 0 radical (unpaired) electrons. The van der Waals surface area contributed by atoms with E-state index in [0.717, 1.165) is 6.26 Å². The molecule has 0 aliphatic heterocycles. The van der Waals surface area contributed by atoms with Crippen molar-refractivity contribution in [2.45, 2.75) is 19.9 Å². The molecule has 0 bridgehead atoms. The number of rotatable bonds is 9. The number of aryl methyl sites for hydroxylation is 1. The van der Waals surface area contributed by atoms with Gasteiger partial charge in [0.2, 0.25) is 0 Å². The first kappa shape index (κ1) is 26.1. The summed E-state index contributed by atoms with van der Waals surface area (Å²) in [6, 6.07) is 6.50. The highest BCUT2D eigenvalue weighted by Gasteiger charge is 2.28. The van der Waals surface area contributed by atoms with Crippen LogP contribution in [0.1, 0.15) is 24.2 Å². The van der Waals surface area contributed by atoms with E-state index in [1.165, 1.54) is 37.1 Å². The number of fused-ring (bicyclic) bond motifs is 1. The van der Waals surface area contributed by atoms with Crippen LogP contribution in [-0.4, -0.2) is 60.8 Å². The van der Waals surface area contributed by atoms with E-state index in [1.807, 2.05) is 0 Å². The van der Waals surface area contributed by atoms with Crippen LogP contribution in [0.4, 0.5) is 4.39 Å². The Bertz CT molecular complexity index is 1630. The average Bonchev–Trinajstić information content (AvgIpc) is 3.19. The summed E-state index contributed by atoms with van der Waals surface area (Å²) >= 11 is 0. The monoisotopic (exact) mass is 530 g/mol. The maximum Gasteiger partial charge on any atom is 0.328 e. The quantitative estimate of drug-likeness (QED) is 0.350. The van der Waals surface area contributed by atoms with Crippen LogP contribution in [0.15, 0.2) is 41.3 Å².